The number of hydrogen-bond acceptors (Lipinski definition) is 1. The van der Waals surface area contributed by atoms with Crippen LogP contribution in [0.1, 0.15) is 45.4 Å². The molecule has 0 unspecified atom stereocenters. The second kappa shape index (κ2) is 6.12. The van der Waals surface area contributed by atoms with Crippen molar-refractivity contribution in [1.29, 1.82) is 0 Å². The number of rotatable bonds is 3. The van der Waals surface area contributed by atoms with Crippen LogP contribution in [0.15, 0.2) is 0 Å². The van der Waals surface area contributed by atoms with Crippen LogP contribution < -0.4 is 5.32 Å². The van der Waals surface area contributed by atoms with Gasteiger partial charge >= 0.3 is 0 Å². The number of carbonyl (C=O) groups excluding carboxylic acids is 1. The van der Waals surface area contributed by atoms with Gasteiger partial charge in [-0.15, -0.1) is 0 Å². The molecular formula is C13H25N2OY+. The number of nitrogens with zero attached hydrogens (tertiary/aromatic N) is 1. The third-order valence-electron chi connectivity index (χ3n) is 5.02. The van der Waals surface area contributed by atoms with Crippen molar-refractivity contribution < 1.29 is 42.0 Å². The Kier molecular flexibility index (Phi) is 5.61. The predicted octanol–water partition coefficient (Wildman–Crippen LogP) is 1.67. The quantitative estimate of drug-likeness (QED) is 0.789. The first-order chi connectivity index (χ1) is 7.71. The minimum Gasteiger partial charge on any atom is -0.354 e. The summed E-state index contributed by atoms with van der Waals surface area (Å²) >= 11 is 0. The number of likely N-dealkylation sites (tertiary alicyclic amines) is 1. The Hall–Kier alpha value is 0.534. The molecule has 95 valence electrons. The average molecular weight is 314 g/mol. The van der Waals surface area contributed by atoms with Gasteiger partial charge in [-0.1, -0.05) is 0 Å². The number of nitrogens with one attached hydrogen (secondary N) is 1. The molecule has 0 bridgehead atoms. The summed E-state index contributed by atoms with van der Waals surface area (Å²) in [4.78, 5) is 12.3. The maximum atomic E-state index is 12.3. The van der Waals surface area contributed by atoms with Gasteiger partial charge in [-0.05, 0) is 32.6 Å². The molecule has 2 aliphatic rings. The Morgan fingerprint density at radius 2 is 1.76 bits per heavy atom. The predicted molar refractivity (Wildman–Crippen MR) is 65.0 cm³/mol. The molecule has 1 aliphatic heterocycles. The summed E-state index contributed by atoms with van der Waals surface area (Å²) in [5.41, 5.74) is -0.0656. The molecule has 1 saturated heterocycles. The van der Waals surface area contributed by atoms with Crippen molar-refractivity contribution in [3.05, 3.63) is 0 Å². The van der Waals surface area contributed by atoms with Gasteiger partial charge in [0.1, 0.15) is 0 Å². The molecule has 0 atom stereocenters. The van der Waals surface area contributed by atoms with Crippen molar-refractivity contribution in [2.24, 2.45) is 0 Å². The molecule has 2 rings (SSSR count). The Morgan fingerprint density at radius 1 is 1.18 bits per heavy atom. The monoisotopic (exact) mass is 314 g/mol. The molecule has 4 heteroatoms. The summed E-state index contributed by atoms with van der Waals surface area (Å²) in [5, 5.41) is 2.91. The summed E-state index contributed by atoms with van der Waals surface area (Å²) < 4.78 is 1.06. The van der Waals surface area contributed by atoms with Gasteiger partial charge in [0.2, 0.25) is 0 Å². The van der Waals surface area contributed by atoms with E-state index in [1.165, 1.54) is 38.8 Å². The van der Waals surface area contributed by atoms with E-state index in [-0.39, 0.29) is 38.2 Å². The van der Waals surface area contributed by atoms with Gasteiger partial charge in [-0.2, -0.15) is 0 Å². The summed E-state index contributed by atoms with van der Waals surface area (Å²) in [6.07, 6.45) is 7.37. The Morgan fingerprint density at radius 3 is 2.12 bits per heavy atom. The van der Waals surface area contributed by atoms with Crippen LogP contribution >= 0.6 is 0 Å². The smallest absolute Gasteiger partial charge is 0.281 e. The fourth-order valence-electron chi connectivity index (χ4n) is 3.83. The molecule has 2 fully saturated rings. The van der Waals surface area contributed by atoms with Crippen LogP contribution in [0.5, 0.6) is 0 Å². The first-order valence-electron chi connectivity index (χ1n) is 6.79. The standard InChI is InChI=1S/C13H24N2O.Y/c1-3-15(10-5-4-6-11-15)13(8-7-9-13)12(16)14-2;/h3-11H2,1-2H3;/p+1. The number of piperidine rings is 1. The first kappa shape index (κ1) is 15.6. The molecule has 0 spiro atoms. The van der Waals surface area contributed by atoms with E-state index < -0.39 is 0 Å². The van der Waals surface area contributed by atoms with Crippen LogP contribution in [0.4, 0.5) is 0 Å². The summed E-state index contributed by atoms with van der Waals surface area (Å²) in [5.74, 6) is 0.294. The minimum atomic E-state index is -0.0656. The van der Waals surface area contributed by atoms with Gasteiger partial charge < -0.3 is 9.80 Å². The summed E-state index contributed by atoms with van der Waals surface area (Å²) in [7, 11) is 1.79. The van der Waals surface area contributed by atoms with Crippen molar-refractivity contribution in [3.63, 3.8) is 0 Å². The largest absolute Gasteiger partial charge is 0.354 e. The molecule has 1 heterocycles. The molecule has 17 heavy (non-hydrogen) atoms. The van der Waals surface area contributed by atoms with E-state index >= 15 is 0 Å². The van der Waals surface area contributed by atoms with Crippen molar-refractivity contribution in [2.45, 2.75) is 51.0 Å². The van der Waals surface area contributed by atoms with Crippen LogP contribution in [-0.2, 0) is 37.5 Å². The normalized spacial score (nSPS) is 25.3. The Bertz CT molecular complexity index is 271. The second-order valence-electron chi connectivity index (χ2n) is 5.43. The summed E-state index contributed by atoms with van der Waals surface area (Å²) in [6.45, 7) is 5.80. The van der Waals surface area contributed by atoms with Crippen LogP contribution in [-0.4, -0.2) is 42.6 Å². The summed E-state index contributed by atoms with van der Waals surface area (Å²) in [6, 6.07) is 0. The fraction of sp³-hybridized carbons (Fsp3) is 0.923. The third kappa shape index (κ3) is 2.35. The van der Waals surface area contributed by atoms with E-state index in [9.17, 15) is 4.79 Å². The van der Waals surface area contributed by atoms with Crippen LogP contribution in [0, 0.1) is 0 Å². The van der Waals surface area contributed by atoms with Crippen molar-refractivity contribution in [2.75, 3.05) is 26.7 Å². The van der Waals surface area contributed by atoms with Crippen LogP contribution in [0.25, 0.3) is 0 Å². The molecule has 1 radical (unpaired) electrons. The number of hydrogen-bond donors (Lipinski definition) is 1. The molecular weight excluding hydrogens is 289 g/mol. The maximum Gasteiger partial charge on any atom is 0.281 e. The SMILES string of the molecule is CC[N+]1(C2(C(=O)NC)CCC2)CCCCC1.[Y]. The molecule has 1 aliphatic carbocycles. The van der Waals surface area contributed by atoms with Crippen LogP contribution in [0.2, 0.25) is 0 Å². The Labute approximate surface area is 130 Å². The molecule has 1 N–H and O–H groups in total. The zero-order chi connectivity index (χ0) is 11.6. The minimum absolute atomic E-state index is 0. The topological polar surface area (TPSA) is 29.1 Å². The number of carbonyl (C=O) groups is 1. The van der Waals surface area contributed by atoms with Crippen molar-refractivity contribution in [1.82, 2.24) is 5.32 Å². The van der Waals surface area contributed by atoms with E-state index in [1.807, 2.05) is 0 Å². The van der Waals surface area contributed by atoms with Gasteiger partial charge in [0.15, 0.2) is 5.54 Å². The van der Waals surface area contributed by atoms with E-state index in [1.54, 1.807) is 7.05 Å². The molecule has 3 nitrogen and oxygen atoms in total. The van der Waals surface area contributed by atoms with Crippen molar-refractivity contribution >= 4 is 5.91 Å². The van der Waals surface area contributed by atoms with Gasteiger partial charge in [0.25, 0.3) is 5.91 Å². The maximum absolute atomic E-state index is 12.3. The Balaban J connectivity index is 0.00000144. The van der Waals surface area contributed by atoms with E-state index in [4.69, 9.17) is 0 Å². The molecule has 0 aromatic carbocycles. The number of amides is 1. The van der Waals surface area contributed by atoms with E-state index in [2.05, 4.69) is 12.2 Å². The van der Waals surface area contributed by atoms with E-state index in [0.29, 0.717) is 5.91 Å². The average Bonchev–Trinajstić information content (AvgIpc) is 2.28. The van der Waals surface area contributed by atoms with Crippen molar-refractivity contribution in [3.8, 4) is 0 Å². The third-order valence-corrected chi connectivity index (χ3v) is 5.02. The van der Waals surface area contributed by atoms with Gasteiger partial charge in [0.05, 0.1) is 19.6 Å². The fourth-order valence-corrected chi connectivity index (χ4v) is 3.83. The van der Waals surface area contributed by atoms with Crippen LogP contribution in [0.3, 0.4) is 0 Å². The van der Waals surface area contributed by atoms with Gasteiger partial charge in [-0.3, -0.25) is 4.79 Å². The molecule has 0 aromatic heterocycles. The molecule has 1 saturated carbocycles. The zero-order valence-corrected chi connectivity index (χ0v) is 14.1. The second-order valence-corrected chi connectivity index (χ2v) is 5.43. The first-order valence-corrected chi connectivity index (χ1v) is 6.79. The van der Waals surface area contributed by atoms with Gasteiger partial charge in [-0.25, -0.2) is 0 Å². The number of quaternary nitrogens is 1. The van der Waals surface area contributed by atoms with Gasteiger partial charge in [0, 0.05) is 52.6 Å². The molecule has 0 aromatic rings. The zero-order valence-electron chi connectivity index (χ0n) is 11.3. The molecule has 1 amide bonds. The van der Waals surface area contributed by atoms with E-state index in [0.717, 1.165) is 23.9 Å². The number of likely N-dealkylation sites (N-methyl/N-ethyl adjacent to an activating group) is 2.